The molecule has 2 amide bonds. The van der Waals surface area contributed by atoms with Crippen LogP contribution in [0.15, 0.2) is 54.6 Å². The number of halogens is 4. The van der Waals surface area contributed by atoms with Crippen LogP contribution in [0.5, 0.6) is 0 Å². The van der Waals surface area contributed by atoms with Crippen LogP contribution in [0.25, 0.3) is 5.57 Å². The fourth-order valence-electron chi connectivity index (χ4n) is 4.03. The number of rotatable bonds is 8. The molecule has 0 aliphatic carbocycles. The number of hydrogen-bond acceptors (Lipinski definition) is 2. The standard InChI is InChI=1S/C23H25F4N3O/c1-28-22(31)30-15-16(19-12-18(24)8-9-20(19)25)13-23(30,17-6-3-2-4-7-17)10-5-11-29-14-21(26)27/h2-4,6-9,12-13,21,29H,5,10-11,14-15H2,1H3,(H,28,31). The van der Waals surface area contributed by atoms with Crippen LogP contribution in [-0.2, 0) is 5.54 Å². The Morgan fingerprint density at radius 2 is 1.90 bits per heavy atom. The van der Waals surface area contributed by atoms with Gasteiger partial charge in [-0.05, 0) is 54.8 Å². The van der Waals surface area contributed by atoms with Gasteiger partial charge in [-0.2, -0.15) is 0 Å². The summed E-state index contributed by atoms with van der Waals surface area (Å²) in [5.74, 6) is -1.15. The molecule has 31 heavy (non-hydrogen) atoms. The summed E-state index contributed by atoms with van der Waals surface area (Å²) in [6, 6.07) is 12.1. The summed E-state index contributed by atoms with van der Waals surface area (Å²) in [7, 11) is 1.50. The molecule has 8 heteroatoms. The number of benzene rings is 2. The summed E-state index contributed by atoms with van der Waals surface area (Å²) in [6.45, 7) is 0.00447. The van der Waals surface area contributed by atoms with Crippen molar-refractivity contribution >= 4 is 11.6 Å². The highest BCUT2D eigenvalue weighted by atomic mass is 19.3. The molecule has 166 valence electrons. The molecule has 0 saturated carbocycles. The number of hydrogen-bond donors (Lipinski definition) is 2. The fourth-order valence-corrected chi connectivity index (χ4v) is 4.03. The Balaban J connectivity index is 2.02. The number of carbonyl (C=O) groups excluding carboxylic acids is 1. The van der Waals surface area contributed by atoms with E-state index in [1.807, 2.05) is 30.3 Å². The third kappa shape index (κ3) is 5.07. The summed E-state index contributed by atoms with van der Waals surface area (Å²) >= 11 is 0. The first-order valence-corrected chi connectivity index (χ1v) is 10.1. The summed E-state index contributed by atoms with van der Waals surface area (Å²) < 4.78 is 53.2. The molecular formula is C23H25F4N3O. The molecule has 0 spiro atoms. The van der Waals surface area contributed by atoms with Gasteiger partial charge in [0.25, 0.3) is 6.43 Å². The van der Waals surface area contributed by atoms with E-state index >= 15 is 0 Å². The Hall–Kier alpha value is -2.87. The molecular weight excluding hydrogens is 410 g/mol. The zero-order valence-corrected chi connectivity index (χ0v) is 17.2. The Labute approximate surface area is 178 Å². The molecule has 0 bridgehead atoms. The largest absolute Gasteiger partial charge is 0.341 e. The van der Waals surface area contributed by atoms with E-state index in [-0.39, 0.29) is 18.1 Å². The SMILES string of the molecule is CNC(=O)N1CC(c2cc(F)ccc2F)=CC1(CCCNCC(F)F)c1ccccc1. The monoisotopic (exact) mass is 435 g/mol. The molecule has 0 aromatic heterocycles. The van der Waals surface area contributed by atoms with Gasteiger partial charge in [0, 0.05) is 19.2 Å². The van der Waals surface area contributed by atoms with Gasteiger partial charge in [-0.15, -0.1) is 0 Å². The lowest BCUT2D eigenvalue weighted by atomic mass is 9.84. The van der Waals surface area contributed by atoms with Crippen molar-refractivity contribution in [3.05, 3.63) is 77.4 Å². The van der Waals surface area contributed by atoms with Gasteiger partial charge in [0.2, 0.25) is 0 Å². The molecule has 0 radical (unpaired) electrons. The third-order valence-electron chi connectivity index (χ3n) is 5.44. The molecule has 2 aromatic rings. The maximum absolute atomic E-state index is 14.5. The smallest absolute Gasteiger partial charge is 0.318 e. The second-order valence-corrected chi connectivity index (χ2v) is 7.42. The Kier molecular flexibility index (Phi) is 7.33. The minimum absolute atomic E-state index is 0.0827. The first-order valence-electron chi connectivity index (χ1n) is 10.1. The Morgan fingerprint density at radius 1 is 1.16 bits per heavy atom. The lowest BCUT2D eigenvalue weighted by Crippen LogP contribution is -2.49. The predicted octanol–water partition coefficient (Wildman–Crippen LogP) is 4.53. The zero-order valence-electron chi connectivity index (χ0n) is 17.2. The number of nitrogens with zero attached hydrogens (tertiary/aromatic N) is 1. The van der Waals surface area contributed by atoms with Crippen LogP contribution in [0.1, 0.15) is 24.0 Å². The van der Waals surface area contributed by atoms with Crippen LogP contribution in [-0.4, -0.2) is 44.0 Å². The Bertz CT molecular complexity index is 936. The number of carbonyl (C=O) groups is 1. The highest BCUT2D eigenvalue weighted by Gasteiger charge is 2.44. The van der Waals surface area contributed by atoms with Gasteiger partial charge in [-0.3, -0.25) is 0 Å². The molecule has 1 unspecified atom stereocenters. The highest BCUT2D eigenvalue weighted by molar-refractivity contribution is 5.83. The van der Waals surface area contributed by atoms with E-state index in [0.29, 0.717) is 25.0 Å². The first-order chi connectivity index (χ1) is 14.9. The van der Waals surface area contributed by atoms with E-state index in [1.165, 1.54) is 7.05 Å². The molecule has 2 aromatic carbocycles. The van der Waals surface area contributed by atoms with Crippen LogP contribution < -0.4 is 10.6 Å². The Morgan fingerprint density at radius 3 is 2.58 bits per heavy atom. The molecule has 1 atom stereocenters. The average Bonchev–Trinajstić information content (AvgIpc) is 3.15. The molecule has 0 saturated heterocycles. The van der Waals surface area contributed by atoms with Crippen LogP contribution in [0.4, 0.5) is 22.4 Å². The van der Waals surface area contributed by atoms with E-state index < -0.39 is 30.1 Å². The van der Waals surface area contributed by atoms with Crippen molar-refractivity contribution in [2.24, 2.45) is 0 Å². The van der Waals surface area contributed by atoms with Crippen LogP contribution >= 0.6 is 0 Å². The molecule has 0 fully saturated rings. The van der Waals surface area contributed by atoms with Crippen molar-refractivity contribution in [3.63, 3.8) is 0 Å². The minimum Gasteiger partial charge on any atom is -0.341 e. The van der Waals surface area contributed by atoms with Crippen molar-refractivity contribution in [2.45, 2.75) is 24.8 Å². The van der Waals surface area contributed by atoms with Crippen molar-refractivity contribution in [1.82, 2.24) is 15.5 Å². The number of urea groups is 1. The van der Waals surface area contributed by atoms with E-state index in [9.17, 15) is 22.4 Å². The third-order valence-corrected chi connectivity index (χ3v) is 5.44. The van der Waals surface area contributed by atoms with Gasteiger partial charge < -0.3 is 15.5 Å². The number of nitrogens with one attached hydrogen (secondary N) is 2. The lowest BCUT2D eigenvalue weighted by molar-refractivity contribution is 0.142. The predicted molar refractivity (Wildman–Crippen MR) is 112 cm³/mol. The minimum atomic E-state index is -2.45. The van der Waals surface area contributed by atoms with E-state index in [0.717, 1.165) is 23.8 Å². The van der Waals surface area contributed by atoms with Gasteiger partial charge in [0.05, 0.1) is 12.1 Å². The molecule has 2 N–H and O–H groups in total. The van der Waals surface area contributed by atoms with Gasteiger partial charge in [-0.25, -0.2) is 22.4 Å². The van der Waals surface area contributed by atoms with Gasteiger partial charge >= 0.3 is 6.03 Å². The fraction of sp³-hybridized carbons (Fsp3) is 0.348. The molecule has 1 aliphatic rings. The summed E-state index contributed by atoms with van der Waals surface area (Å²) in [6.07, 6.45) is 0.258. The van der Waals surface area contributed by atoms with Crippen molar-refractivity contribution in [1.29, 1.82) is 0 Å². The van der Waals surface area contributed by atoms with Crippen LogP contribution in [0.3, 0.4) is 0 Å². The van der Waals surface area contributed by atoms with E-state index in [2.05, 4.69) is 10.6 Å². The molecule has 1 heterocycles. The first kappa shape index (κ1) is 22.8. The molecule has 4 nitrogen and oxygen atoms in total. The zero-order chi connectivity index (χ0) is 22.4. The van der Waals surface area contributed by atoms with Gasteiger partial charge in [0.1, 0.15) is 11.6 Å². The summed E-state index contributed by atoms with van der Waals surface area (Å²) in [4.78, 5) is 14.4. The van der Waals surface area contributed by atoms with Crippen molar-refractivity contribution < 1.29 is 22.4 Å². The van der Waals surface area contributed by atoms with Crippen molar-refractivity contribution in [3.8, 4) is 0 Å². The molecule has 1 aliphatic heterocycles. The lowest BCUT2D eigenvalue weighted by Gasteiger charge is -2.38. The second-order valence-electron chi connectivity index (χ2n) is 7.42. The number of alkyl halides is 2. The van der Waals surface area contributed by atoms with Gasteiger partial charge in [-0.1, -0.05) is 30.3 Å². The second kappa shape index (κ2) is 9.96. The van der Waals surface area contributed by atoms with E-state index in [4.69, 9.17) is 0 Å². The van der Waals surface area contributed by atoms with Crippen molar-refractivity contribution in [2.75, 3.05) is 26.7 Å². The average molecular weight is 435 g/mol. The maximum atomic E-state index is 14.5. The molecule has 3 rings (SSSR count). The number of amides is 2. The topological polar surface area (TPSA) is 44.4 Å². The highest BCUT2D eigenvalue weighted by Crippen LogP contribution is 2.44. The quantitative estimate of drug-likeness (QED) is 0.473. The van der Waals surface area contributed by atoms with Crippen LogP contribution in [0.2, 0.25) is 0 Å². The summed E-state index contributed by atoms with van der Waals surface area (Å²) in [5, 5.41) is 5.31. The van der Waals surface area contributed by atoms with Crippen LogP contribution in [0, 0.1) is 11.6 Å². The normalized spacial score (nSPS) is 18.4. The maximum Gasteiger partial charge on any atom is 0.318 e. The van der Waals surface area contributed by atoms with E-state index in [1.54, 1.807) is 11.0 Å². The van der Waals surface area contributed by atoms with Gasteiger partial charge in [0.15, 0.2) is 0 Å². The summed E-state index contributed by atoms with van der Waals surface area (Å²) in [5.41, 5.74) is 0.467.